The third-order valence-electron chi connectivity index (χ3n) is 6.37. The van der Waals surface area contributed by atoms with Crippen molar-refractivity contribution in [1.29, 1.82) is 0 Å². The number of nitrogens with zero attached hydrogens (tertiary/aromatic N) is 4. The highest BCUT2D eigenvalue weighted by molar-refractivity contribution is 5.83. The monoisotopic (exact) mass is 382 g/mol. The molecule has 0 radical (unpaired) electrons. The Labute approximate surface area is 162 Å². The van der Waals surface area contributed by atoms with Gasteiger partial charge in [-0.05, 0) is 55.7 Å². The zero-order valence-corrected chi connectivity index (χ0v) is 16.0. The van der Waals surface area contributed by atoms with E-state index in [9.17, 15) is 9.50 Å². The number of aryl methyl sites for hydroxylation is 1. The van der Waals surface area contributed by atoms with Crippen LogP contribution >= 0.6 is 0 Å². The van der Waals surface area contributed by atoms with Crippen molar-refractivity contribution in [3.8, 4) is 17.0 Å². The molecule has 2 bridgehead atoms. The van der Waals surface area contributed by atoms with Gasteiger partial charge in [0, 0.05) is 25.6 Å². The highest BCUT2D eigenvalue weighted by atomic mass is 19.1. The average molecular weight is 382 g/mol. The molecule has 3 aromatic rings. The molecule has 146 valence electrons. The number of alkyl halides is 1. The molecular formula is C21H23FN4O2. The van der Waals surface area contributed by atoms with Gasteiger partial charge in [-0.15, -0.1) is 10.2 Å². The molecule has 1 aromatic carbocycles. The summed E-state index contributed by atoms with van der Waals surface area (Å²) in [6.45, 7) is 1.76. The Morgan fingerprint density at radius 1 is 1.18 bits per heavy atom. The normalized spacial score (nSPS) is 26.7. The van der Waals surface area contributed by atoms with Crippen LogP contribution in [0.4, 0.5) is 10.2 Å². The van der Waals surface area contributed by atoms with Crippen LogP contribution in [0.5, 0.6) is 5.75 Å². The topological polar surface area (TPSA) is 75.3 Å². The van der Waals surface area contributed by atoms with Gasteiger partial charge >= 0.3 is 0 Å². The second-order valence-electron chi connectivity index (χ2n) is 8.14. The Kier molecular flexibility index (Phi) is 4.00. The van der Waals surface area contributed by atoms with Crippen molar-refractivity contribution in [3.63, 3.8) is 0 Å². The van der Waals surface area contributed by atoms with Crippen LogP contribution < -0.4 is 4.90 Å². The summed E-state index contributed by atoms with van der Waals surface area (Å²) in [6, 6.07) is 6.77. The van der Waals surface area contributed by atoms with Gasteiger partial charge in [-0.3, -0.25) is 0 Å². The molecule has 2 saturated carbocycles. The van der Waals surface area contributed by atoms with Gasteiger partial charge in [0.05, 0.1) is 11.7 Å². The van der Waals surface area contributed by atoms with Gasteiger partial charge < -0.3 is 14.4 Å². The summed E-state index contributed by atoms with van der Waals surface area (Å²) in [5.74, 6) is 2.08. The van der Waals surface area contributed by atoms with E-state index in [2.05, 4.69) is 15.2 Å². The zero-order valence-electron chi connectivity index (χ0n) is 16.0. The molecule has 0 saturated heterocycles. The van der Waals surface area contributed by atoms with Crippen molar-refractivity contribution in [1.82, 2.24) is 15.2 Å². The maximum absolute atomic E-state index is 14.9. The number of aromatic hydroxyl groups is 1. The highest BCUT2D eigenvalue weighted by Gasteiger charge is 2.44. The van der Waals surface area contributed by atoms with E-state index >= 15 is 0 Å². The van der Waals surface area contributed by atoms with Crippen molar-refractivity contribution in [2.24, 2.45) is 11.8 Å². The van der Waals surface area contributed by atoms with Crippen LogP contribution in [0.3, 0.4) is 0 Å². The minimum atomic E-state index is -0.814. The maximum atomic E-state index is 14.9. The summed E-state index contributed by atoms with van der Waals surface area (Å²) in [5.41, 5.74) is 2.26. The van der Waals surface area contributed by atoms with Crippen LogP contribution in [0.2, 0.25) is 0 Å². The number of hydrogen-bond acceptors (Lipinski definition) is 6. The van der Waals surface area contributed by atoms with E-state index in [-0.39, 0.29) is 17.7 Å². The number of halogens is 1. The van der Waals surface area contributed by atoms with E-state index in [0.29, 0.717) is 40.0 Å². The minimum Gasteiger partial charge on any atom is -0.507 e. The molecule has 7 heteroatoms. The van der Waals surface area contributed by atoms with Crippen LogP contribution in [0.15, 0.2) is 28.7 Å². The lowest BCUT2D eigenvalue weighted by molar-refractivity contribution is 0.144. The van der Waals surface area contributed by atoms with E-state index in [1.165, 1.54) is 0 Å². The molecule has 5 rings (SSSR count). The van der Waals surface area contributed by atoms with Gasteiger partial charge in [-0.2, -0.15) is 0 Å². The number of aromatic nitrogens is 3. The summed E-state index contributed by atoms with van der Waals surface area (Å²) >= 11 is 0. The third-order valence-corrected chi connectivity index (χ3v) is 6.37. The first kappa shape index (κ1) is 17.4. The number of rotatable bonds is 3. The fourth-order valence-corrected chi connectivity index (χ4v) is 4.88. The van der Waals surface area contributed by atoms with Gasteiger partial charge in [0.2, 0.25) is 0 Å². The standard InChI is InChI=1S/C21H23FN4O2/c1-11-23-16-10-18(27)14(9-19(16)28-11)15-5-6-20(25-24-15)26(2)17-8-12-3-4-13(7-12)21(17)22/h5-6,9-10,12-13,17,21,27H,3-4,7-8H2,1-2H3/t12-,13+,17+,21-/m1/s1. The van der Waals surface area contributed by atoms with Gasteiger partial charge in [-0.25, -0.2) is 9.37 Å². The number of phenolic OH excluding ortho intramolecular Hbond substituents is 1. The summed E-state index contributed by atoms with van der Waals surface area (Å²) < 4.78 is 20.4. The average Bonchev–Trinajstić information content (AvgIpc) is 3.26. The van der Waals surface area contributed by atoms with Crippen molar-refractivity contribution in [2.45, 2.75) is 44.8 Å². The number of benzene rings is 1. The Morgan fingerprint density at radius 3 is 2.82 bits per heavy atom. The molecule has 28 heavy (non-hydrogen) atoms. The Hall–Kier alpha value is -2.70. The zero-order chi connectivity index (χ0) is 19.4. The van der Waals surface area contributed by atoms with Crippen molar-refractivity contribution in [3.05, 3.63) is 30.2 Å². The molecule has 2 heterocycles. The van der Waals surface area contributed by atoms with Crippen molar-refractivity contribution in [2.75, 3.05) is 11.9 Å². The molecule has 6 nitrogen and oxygen atoms in total. The smallest absolute Gasteiger partial charge is 0.192 e. The van der Waals surface area contributed by atoms with Crippen LogP contribution in [0, 0.1) is 18.8 Å². The van der Waals surface area contributed by atoms with Gasteiger partial charge in [0.1, 0.15) is 17.4 Å². The molecule has 2 aliphatic rings. The Bertz CT molecular complexity index is 1020. The van der Waals surface area contributed by atoms with E-state index in [0.717, 1.165) is 25.7 Å². The molecule has 0 unspecified atom stereocenters. The largest absolute Gasteiger partial charge is 0.507 e. The van der Waals surface area contributed by atoms with Crippen molar-refractivity contribution >= 4 is 16.9 Å². The van der Waals surface area contributed by atoms with E-state index in [1.807, 2.05) is 18.0 Å². The van der Waals surface area contributed by atoms with Crippen molar-refractivity contribution < 1.29 is 13.9 Å². The predicted molar refractivity (Wildman–Crippen MR) is 104 cm³/mol. The number of hydrogen-bond donors (Lipinski definition) is 1. The quantitative estimate of drug-likeness (QED) is 0.729. The fourth-order valence-electron chi connectivity index (χ4n) is 4.88. The number of phenols is 1. The van der Waals surface area contributed by atoms with E-state index in [1.54, 1.807) is 25.1 Å². The third kappa shape index (κ3) is 2.80. The fraction of sp³-hybridized carbons (Fsp3) is 0.476. The first-order valence-corrected chi connectivity index (χ1v) is 9.81. The first-order valence-electron chi connectivity index (χ1n) is 9.81. The number of anilines is 1. The summed E-state index contributed by atoms with van der Waals surface area (Å²) in [7, 11) is 1.90. The van der Waals surface area contributed by atoms with Crippen LogP contribution in [0.1, 0.15) is 31.6 Å². The van der Waals surface area contributed by atoms with Crippen LogP contribution in [-0.2, 0) is 0 Å². The molecule has 2 aromatic heterocycles. The first-order chi connectivity index (χ1) is 13.5. The van der Waals surface area contributed by atoms with Gasteiger partial charge in [-0.1, -0.05) is 0 Å². The highest BCUT2D eigenvalue weighted by Crippen LogP contribution is 2.45. The molecule has 0 aliphatic heterocycles. The summed E-state index contributed by atoms with van der Waals surface area (Å²) in [4.78, 5) is 6.14. The molecule has 0 spiro atoms. The predicted octanol–water partition coefficient (Wildman–Crippen LogP) is 4.26. The summed E-state index contributed by atoms with van der Waals surface area (Å²) in [5, 5.41) is 18.9. The molecule has 0 amide bonds. The van der Waals surface area contributed by atoms with E-state index in [4.69, 9.17) is 4.42 Å². The molecule has 1 N–H and O–H groups in total. The molecule has 4 atom stereocenters. The number of fused-ring (bicyclic) bond motifs is 3. The molecule has 2 fully saturated rings. The lowest BCUT2D eigenvalue weighted by Gasteiger charge is -2.38. The second-order valence-corrected chi connectivity index (χ2v) is 8.14. The van der Waals surface area contributed by atoms with E-state index < -0.39 is 6.17 Å². The molecular weight excluding hydrogens is 359 g/mol. The van der Waals surface area contributed by atoms with Gasteiger partial charge in [0.25, 0.3) is 0 Å². The van der Waals surface area contributed by atoms with Crippen LogP contribution in [0.25, 0.3) is 22.4 Å². The summed E-state index contributed by atoms with van der Waals surface area (Å²) in [6.07, 6.45) is 3.23. The van der Waals surface area contributed by atoms with Gasteiger partial charge in [0.15, 0.2) is 17.3 Å². The maximum Gasteiger partial charge on any atom is 0.192 e. The second kappa shape index (κ2) is 6.43. The van der Waals surface area contributed by atoms with Crippen LogP contribution in [-0.4, -0.2) is 39.5 Å². The lowest BCUT2D eigenvalue weighted by atomic mass is 9.83. The minimum absolute atomic E-state index is 0.0730. The lowest BCUT2D eigenvalue weighted by Crippen LogP contribution is -2.46. The number of oxazole rings is 1. The molecule has 2 aliphatic carbocycles. The Balaban J connectivity index is 1.42. The SMILES string of the molecule is Cc1nc2cc(O)c(-c3ccc(N(C)[C@H]4C[C@@H]5CC[C@@H](C5)[C@H]4F)nn3)cc2o1. The Morgan fingerprint density at radius 2 is 2.04 bits per heavy atom.